The van der Waals surface area contributed by atoms with E-state index in [0.29, 0.717) is 17.7 Å². The molecule has 1 saturated carbocycles. The molecule has 1 aliphatic rings. The molecule has 1 heterocycles. The van der Waals surface area contributed by atoms with Crippen LogP contribution in [0.25, 0.3) is 0 Å². The first-order valence-corrected chi connectivity index (χ1v) is 6.87. The second kappa shape index (κ2) is 4.94. The number of benzene rings is 1. The number of hydrogen-bond acceptors (Lipinski definition) is 5. The van der Waals surface area contributed by atoms with E-state index >= 15 is 0 Å². The van der Waals surface area contributed by atoms with Gasteiger partial charge in [0.15, 0.2) is 0 Å². The van der Waals surface area contributed by atoms with Crippen LogP contribution in [0.3, 0.4) is 0 Å². The fraction of sp³-hybridized carbons (Fsp3) is 0.385. The summed E-state index contributed by atoms with van der Waals surface area (Å²) in [5.41, 5.74) is 0. The van der Waals surface area contributed by atoms with Gasteiger partial charge in [-0.1, -0.05) is 0 Å². The van der Waals surface area contributed by atoms with Crippen molar-refractivity contribution in [3.05, 3.63) is 30.1 Å². The lowest BCUT2D eigenvalue weighted by molar-refractivity contribution is 0.339. The lowest BCUT2D eigenvalue weighted by atomic mass is 10.3. The van der Waals surface area contributed by atoms with E-state index in [0.717, 1.165) is 17.3 Å². The molecule has 1 aromatic heterocycles. The summed E-state index contributed by atoms with van der Waals surface area (Å²) in [7, 11) is 0. The van der Waals surface area contributed by atoms with Crippen LogP contribution in [-0.4, -0.2) is 16.0 Å². The van der Waals surface area contributed by atoms with Crippen molar-refractivity contribution < 1.29 is 9.47 Å². The SMILES string of the molecule is CCOc1ccc(Oc2nc(C3CC3)ns2)cc1. The summed E-state index contributed by atoms with van der Waals surface area (Å²) in [5, 5.41) is 0.612. The van der Waals surface area contributed by atoms with Gasteiger partial charge in [0.05, 0.1) is 6.61 Å². The van der Waals surface area contributed by atoms with Crippen LogP contribution < -0.4 is 9.47 Å². The summed E-state index contributed by atoms with van der Waals surface area (Å²) < 4.78 is 15.3. The van der Waals surface area contributed by atoms with Gasteiger partial charge in [0.25, 0.3) is 5.19 Å². The highest BCUT2D eigenvalue weighted by Gasteiger charge is 2.28. The van der Waals surface area contributed by atoms with Crippen LogP contribution >= 0.6 is 11.5 Å². The van der Waals surface area contributed by atoms with E-state index in [-0.39, 0.29) is 0 Å². The van der Waals surface area contributed by atoms with Gasteiger partial charge in [0, 0.05) is 17.5 Å². The maximum Gasteiger partial charge on any atom is 0.298 e. The van der Waals surface area contributed by atoms with Crippen LogP contribution in [0.2, 0.25) is 0 Å². The third kappa shape index (κ3) is 2.61. The average Bonchev–Trinajstić information content (AvgIpc) is 3.13. The summed E-state index contributed by atoms with van der Waals surface area (Å²) in [6.07, 6.45) is 2.42. The summed E-state index contributed by atoms with van der Waals surface area (Å²) >= 11 is 1.31. The molecule has 0 amide bonds. The zero-order valence-corrected chi connectivity index (χ0v) is 10.9. The molecule has 1 aromatic carbocycles. The topological polar surface area (TPSA) is 44.2 Å². The van der Waals surface area contributed by atoms with Crippen molar-refractivity contribution in [2.24, 2.45) is 0 Å². The minimum Gasteiger partial charge on any atom is -0.494 e. The van der Waals surface area contributed by atoms with E-state index in [4.69, 9.17) is 9.47 Å². The third-order valence-electron chi connectivity index (χ3n) is 2.71. The van der Waals surface area contributed by atoms with Crippen LogP contribution in [0.15, 0.2) is 24.3 Å². The smallest absolute Gasteiger partial charge is 0.298 e. The molecule has 0 atom stereocenters. The second-order valence-electron chi connectivity index (χ2n) is 4.20. The molecule has 4 nitrogen and oxygen atoms in total. The van der Waals surface area contributed by atoms with Crippen LogP contribution in [0.4, 0.5) is 0 Å². The first-order chi connectivity index (χ1) is 8.85. The van der Waals surface area contributed by atoms with Crippen molar-refractivity contribution in [2.45, 2.75) is 25.7 Å². The largest absolute Gasteiger partial charge is 0.494 e. The molecule has 1 aliphatic carbocycles. The molecular formula is C13H14N2O2S. The van der Waals surface area contributed by atoms with Gasteiger partial charge in [0.1, 0.15) is 17.3 Å². The molecule has 1 fully saturated rings. The highest BCUT2D eigenvalue weighted by Crippen LogP contribution is 2.40. The molecule has 2 aromatic rings. The Hall–Kier alpha value is -1.62. The molecule has 18 heavy (non-hydrogen) atoms. The Balaban J connectivity index is 1.66. The van der Waals surface area contributed by atoms with Gasteiger partial charge in [-0.3, -0.25) is 0 Å². The van der Waals surface area contributed by atoms with Crippen molar-refractivity contribution in [3.63, 3.8) is 0 Å². The van der Waals surface area contributed by atoms with Crippen LogP contribution in [-0.2, 0) is 0 Å². The molecule has 94 valence electrons. The first kappa shape index (κ1) is 11.5. The van der Waals surface area contributed by atoms with Crippen LogP contribution in [0.5, 0.6) is 16.7 Å². The van der Waals surface area contributed by atoms with E-state index in [1.54, 1.807) is 0 Å². The summed E-state index contributed by atoms with van der Waals surface area (Å²) in [5.74, 6) is 3.11. The molecular weight excluding hydrogens is 248 g/mol. The number of nitrogens with zero attached hydrogens (tertiary/aromatic N) is 2. The maximum atomic E-state index is 5.66. The Bertz CT molecular complexity index is 520. The van der Waals surface area contributed by atoms with Gasteiger partial charge in [-0.15, -0.1) is 0 Å². The van der Waals surface area contributed by atoms with Crippen molar-refractivity contribution in [1.29, 1.82) is 0 Å². The van der Waals surface area contributed by atoms with Gasteiger partial charge in [-0.2, -0.15) is 9.36 Å². The summed E-state index contributed by atoms with van der Waals surface area (Å²) in [6, 6.07) is 7.54. The van der Waals surface area contributed by atoms with Gasteiger partial charge in [-0.05, 0) is 44.0 Å². The molecule has 5 heteroatoms. The standard InChI is InChI=1S/C13H14N2O2S/c1-2-16-10-5-7-11(8-6-10)17-13-14-12(15-18-13)9-3-4-9/h5-9H,2-4H2,1H3. The Labute approximate surface area is 110 Å². The highest BCUT2D eigenvalue weighted by molar-refractivity contribution is 7.07. The van der Waals surface area contributed by atoms with Crippen LogP contribution in [0, 0.1) is 0 Å². The van der Waals surface area contributed by atoms with E-state index in [1.165, 1.54) is 24.4 Å². The number of ether oxygens (including phenoxy) is 2. The van der Waals surface area contributed by atoms with Crippen LogP contribution in [0.1, 0.15) is 31.5 Å². The minimum absolute atomic E-state index is 0.568. The van der Waals surface area contributed by atoms with Gasteiger partial charge >= 0.3 is 0 Å². The van der Waals surface area contributed by atoms with E-state index in [1.807, 2.05) is 31.2 Å². The molecule has 0 N–H and O–H groups in total. The van der Waals surface area contributed by atoms with Gasteiger partial charge < -0.3 is 9.47 Å². The van der Waals surface area contributed by atoms with E-state index in [2.05, 4.69) is 9.36 Å². The highest BCUT2D eigenvalue weighted by atomic mass is 32.1. The lowest BCUT2D eigenvalue weighted by Crippen LogP contribution is -1.91. The predicted octanol–water partition coefficient (Wildman–Crippen LogP) is 3.61. The van der Waals surface area contributed by atoms with Gasteiger partial charge in [-0.25, -0.2) is 0 Å². The predicted molar refractivity (Wildman–Crippen MR) is 69.6 cm³/mol. The summed E-state index contributed by atoms with van der Waals surface area (Å²) in [4.78, 5) is 4.38. The normalized spacial score (nSPS) is 14.5. The third-order valence-corrected chi connectivity index (χ3v) is 3.31. The molecule has 3 rings (SSSR count). The van der Waals surface area contributed by atoms with Crippen molar-refractivity contribution in [2.75, 3.05) is 6.61 Å². The van der Waals surface area contributed by atoms with Crippen molar-refractivity contribution in [3.8, 4) is 16.7 Å². The molecule has 0 saturated heterocycles. The fourth-order valence-electron chi connectivity index (χ4n) is 1.64. The second-order valence-corrected chi connectivity index (χ2v) is 4.91. The monoisotopic (exact) mass is 262 g/mol. The number of aromatic nitrogens is 2. The van der Waals surface area contributed by atoms with Gasteiger partial charge in [0.2, 0.25) is 0 Å². The quantitative estimate of drug-likeness (QED) is 0.825. The van der Waals surface area contributed by atoms with Crippen molar-refractivity contribution >= 4 is 11.5 Å². The Morgan fingerprint density at radius 2 is 1.94 bits per heavy atom. The van der Waals surface area contributed by atoms with E-state index in [9.17, 15) is 0 Å². The molecule has 0 aliphatic heterocycles. The summed E-state index contributed by atoms with van der Waals surface area (Å²) in [6.45, 7) is 2.63. The lowest BCUT2D eigenvalue weighted by Gasteiger charge is -2.04. The van der Waals surface area contributed by atoms with Crippen molar-refractivity contribution in [1.82, 2.24) is 9.36 Å². The molecule has 0 bridgehead atoms. The Kier molecular flexibility index (Phi) is 3.15. The van der Waals surface area contributed by atoms with E-state index < -0.39 is 0 Å². The average molecular weight is 262 g/mol. The molecule has 0 spiro atoms. The fourth-order valence-corrected chi connectivity index (χ4v) is 2.27. The first-order valence-electron chi connectivity index (χ1n) is 6.09. The molecule has 0 unspecified atom stereocenters. The Morgan fingerprint density at radius 1 is 1.22 bits per heavy atom. The Morgan fingerprint density at radius 3 is 2.61 bits per heavy atom. The zero-order chi connectivity index (χ0) is 12.4. The molecule has 0 radical (unpaired) electrons. The zero-order valence-electron chi connectivity index (χ0n) is 10.1. The number of rotatable bonds is 5. The minimum atomic E-state index is 0.568. The maximum absolute atomic E-state index is 5.66. The number of hydrogen-bond donors (Lipinski definition) is 0.